The minimum Gasteiger partial charge on any atom is -0.465 e. The van der Waals surface area contributed by atoms with Crippen LogP contribution < -0.4 is 10.2 Å². The molecule has 2 aromatic rings. The monoisotopic (exact) mass is 368 g/mol. The van der Waals surface area contributed by atoms with E-state index < -0.39 is 5.97 Å². The third kappa shape index (κ3) is 4.94. The molecule has 0 bridgehead atoms. The molecule has 0 spiro atoms. The van der Waals surface area contributed by atoms with E-state index in [0.717, 1.165) is 22.4 Å². The number of nitrogens with one attached hydrogen (secondary N) is 1. The number of carbonyl (C=O) groups is 3. The van der Waals surface area contributed by atoms with Crippen LogP contribution in [0.3, 0.4) is 0 Å². The molecule has 6 heteroatoms. The lowest BCUT2D eigenvalue weighted by molar-refractivity contribution is -0.120. The molecule has 6 nitrogen and oxygen atoms in total. The zero-order valence-electron chi connectivity index (χ0n) is 16.3. The summed E-state index contributed by atoms with van der Waals surface area (Å²) < 4.78 is 4.66. The first kappa shape index (κ1) is 20.2. The Labute approximate surface area is 159 Å². The minimum atomic E-state index is -0.459. The van der Waals surface area contributed by atoms with Crippen molar-refractivity contribution < 1.29 is 19.1 Å². The Balaban J connectivity index is 2.18. The molecule has 2 aromatic carbocycles. The van der Waals surface area contributed by atoms with Gasteiger partial charge in [-0.3, -0.25) is 9.59 Å². The average molecular weight is 368 g/mol. The van der Waals surface area contributed by atoms with E-state index in [1.165, 1.54) is 18.9 Å². The smallest absolute Gasteiger partial charge is 0.337 e. The predicted octanol–water partition coefficient (Wildman–Crippen LogP) is 3.39. The van der Waals surface area contributed by atoms with Gasteiger partial charge in [-0.1, -0.05) is 17.7 Å². The van der Waals surface area contributed by atoms with Gasteiger partial charge >= 0.3 is 5.97 Å². The highest BCUT2D eigenvalue weighted by Gasteiger charge is 2.18. The molecule has 0 saturated carbocycles. The van der Waals surface area contributed by atoms with Crippen LogP contribution in [0.4, 0.5) is 11.4 Å². The summed E-state index contributed by atoms with van der Waals surface area (Å²) in [7, 11) is 1.30. The van der Waals surface area contributed by atoms with Crippen molar-refractivity contribution in [1.82, 2.24) is 0 Å². The Hall–Kier alpha value is -3.15. The number of aryl methyl sites for hydroxylation is 3. The summed E-state index contributed by atoms with van der Waals surface area (Å²) in [5.74, 6) is -1.02. The maximum absolute atomic E-state index is 12.5. The Morgan fingerprint density at radius 2 is 1.56 bits per heavy atom. The van der Waals surface area contributed by atoms with Crippen molar-refractivity contribution in [3.05, 3.63) is 58.7 Å². The van der Waals surface area contributed by atoms with Gasteiger partial charge < -0.3 is 15.0 Å². The van der Waals surface area contributed by atoms with Crippen molar-refractivity contribution in [2.45, 2.75) is 27.7 Å². The molecule has 0 aliphatic carbocycles. The number of nitrogens with zero attached hydrogens (tertiary/aromatic N) is 1. The fourth-order valence-corrected chi connectivity index (χ4v) is 2.98. The van der Waals surface area contributed by atoms with Gasteiger partial charge in [-0.05, 0) is 56.2 Å². The van der Waals surface area contributed by atoms with Gasteiger partial charge in [-0.2, -0.15) is 0 Å². The molecule has 1 N–H and O–H groups in total. The first-order valence-electron chi connectivity index (χ1n) is 8.57. The van der Waals surface area contributed by atoms with Gasteiger partial charge in [0.1, 0.15) is 6.54 Å². The van der Waals surface area contributed by atoms with Crippen LogP contribution in [0.15, 0.2) is 36.4 Å². The van der Waals surface area contributed by atoms with Crippen molar-refractivity contribution >= 4 is 29.2 Å². The summed E-state index contributed by atoms with van der Waals surface area (Å²) in [4.78, 5) is 37.5. The van der Waals surface area contributed by atoms with Crippen molar-refractivity contribution in [3.8, 4) is 0 Å². The Morgan fingerprint density at radius 1 is 1.00 bits per heavy atom. The fraction of sp³-hybridized carbons (Fsp3) is 0.286. The van der Waals surface area contributed by atoms with Gasteiger partial charge in [0.15, 0.2) is 0 Å². The van der Waals surface area contributed by atoms with Crippen LogP contribution in [0.25, 0.3) is 0 Å². The number of hydrogen-bond acceptors (Lipinski definition) is 4. The van der Waals surface area contributed by atoms with Crippen LogP contribution in [-0.2, 0) is 14.3 Å². The summed E-state index contributed by atoms with van der Waals surface area (Å²) in [5.41, 5.74) is 4.73. The molecular weight excluding hydrogens is 344 g/mol. The normalized spacial score (nSPS) is 10.3. The molecule has 0 unspecified atom stereocenters. The summed E-state index contributed by atoms with van der Waals surface area (Å²) in [6.45, 7) is 7.14. The number of carbonyl (C=O) groups excluding carboxylic acids is 3. The molecule has 142 valence electrons. The summed E-state index contributed by atoms with van der Waals surface area (Å²) in [5, 5.41) is 2.89. The number of benzene rings is 2. The Morgan fingerprint density at radius 3 is 2.04 bits per heavy atom. The van der Waals surface area contributed by atoms with E-state index in [4.69, 9.17) is 0 Å². The zero-order valence-corrected chi connectivity index (χ0v) is 16.3. The van der Waals surface area contributed by atoms with Crippen LogP contribution in [-0.4, -0.2) is 31.4 Å². The molecule has 2 amide bonds. The van der Waals surface area contributed by atoms with E-state index in [0.29, 0.717) is 11.3 Å². The summed E-state index contributed by atoms with van der Waals surface area (Å²) >= 11 is 0. The molecule has 0 radical (unpaired) electrons. The number of amides is 2. The lowest BCUT2D eigenvalue weighted by Gasteiger charge is -2.21. The van der Waals surface area contributed by atoms with Crippen molar-refractivity contribution in [2.75, 3.05) is 23.9 Å². The van der Waals surface area contributed by atoms with E-state index in [1.807, 2.05) is 32.9 Å². The first-order valence-corrected chi connectivity index (χ1v) is 8.57. The Kier molecular flexibility index (Phi) is 6.34. The second kappa shape index (κ2) is 8.49. The third-order valence-corrected chi connectivity index (χ3v) is 4.22. The van der Waals surface area contributed by atoms with Gasteiger partial charge in [0.05, 0.1) is 12.7 Å². The maximum atomic E-state index is 12.5. The van der Waals surface area contributed by atoms with E-state index >= 15 is 0 Å². The highest BCUT2D eigenvalue weighted by Crippen LogP contribution is 2.22. The van der Waals surface area contributed by atoms with Crippen LogP contribution in [0.2, 0.25) is 0 Å². The van der Waals surface area contributed by atoms with Gasteiger partial charge in [-0.15, -0.1) is 0 Å². The Bertz CT molecular complexity index is 849. The second-order valence-electron chi connectivity index (χ2n) is 6.47. The molecule has 0 aromatic heterocycles. The van der Waals surface area contributed by atoms with Crippen LogP contribution in [0, 0.1) is 20.8 Å². The molecule has 27 heavy (non-hydrogen) atoms. The molecular formula is C21H24N2O4. The molecule has 0 aliphatic heterocycles. The highest BCUT2D eigenvalue weighted by atomic mass is 16.5. The molecule has 0 fully saturated rings. The molecule has 0 heterocycles. The van der Waals surface area contributed by atoms with Gasteiger partial charge in [0.25, 0.3) is 0 Å². The number of hydrogen-bond donors (Lipinski definition) is 1. The largest absolute Gasteiger partial charge is 0.465 e. The highest BCUT2D eigenvalue weighted by molar-refractivity contribution is 6.02. The zero-order chi connectivity index (χ0) is 20.1. The number of rotatable bonds is 5. The summed E-state index contributed by atoms with van der Waals surface area (Å²) in [6, 6.07) is 10.3. The van der Waals surface area contributed by atoms with E-state index in [2.05, 4.69) is 10.1 Å². The average Bonchev–Trinajstić information content (AvgIpc) is 2.62. The molecule has 0 aliphatic rings. The molecule has 2 rings (SSSR count). The third-order valence-electron chi connectivity index (χ3n) is 4.22. The predicted molar refractivity (Wildman–Crippen MR) is 105 cm³/mol. The molecule has 0 saturated heterocycles. The van der Waals surface area contributed by atoms with E-state index in [-0.39, 0.29) is 18.4 Å². The standard InChI is InChI=1S/C21H24N2O4/c1-13-10-14(2)20(15(3)11-13)22-19(25)12-23(16(4)24)18-8-6-17(7-9-18)21(26)27-5/h6-11H,12H2,1-5H3,(H,22,25). The lowest BCUT2D eigenvalue weighted by atomic mass is 10.1. The maximum Gasteiger partial charge on any atom is 0.337 e. The van der Waals surface area contributed by atoms with Gasteiger partial charge in [0, 0.05) is 18.3 Å². The minimum absolute atomic E-state index is 0.125. The van der Waals surface area contributed by atoms with Crippen LogP contribution >= 0.6 is 0 Å². The first-order chi connectivity index (χ1) is 12.7. The van der Waals surface area contributed by atoms with Crippen molar-refractivity contribution in [1.29, 1.82) is 0 Å². The number of methoxy groups -OCH3 is 1. The van der Waals surface area contributed by atoms with Crippen molar-refractivity contribution in [3.63, 3.8) is 0 Å². The number of esters is 1. The topological polar surface area (TPSA) is 75.7 Å². The van der Waals surface area contributed by atoms with Gasteiger partial charge in [-0.25, -0.2) is 4.79 Å². The fourth-order valence-electron chi connectivity index (χ4n) is 2.98. The second-order valence-corrected chi connectivity index (χ2v) is 6.47. The van der Waals surface area contributed by atoms with Crippen LogP contribution in [0.1, 0.15) is 34.0 Å². The van der Waals surface area contributed by atoms with Crippen molar-refractivity contribution in [2.24, 2.45) is 0 Å². The summed E-state index contributed by atoms with van der Waals surface area (Å²) in [6.07, 6.45) is 0. The van der Waals surface area contributed by atoms with E-state index in [1.54, 1.807) is 24.3 Å². The lowest BCUT2D eigenvalue weighted by Crippen LogP contribution is -2.36. The van der Waals surface area contributed by atoms with E-state index in [9.17, 15) is 14.4 Å². The van der Waals surface area contributed by atoms with Gasteiger partial charge in [0.2, 0.25) is 11.8 Å². The number of anilines is 2. The SMILES string of the molecule is COC(=O)c1ccc(N(CC(=O)Nc2c(C)cc(C)cc2C)C(C)=O)cc1. The number of ether oxygens (including phenoxy) is 1. The van der Waals surface area contributed by atoms with Crippen LogP contribution in [0.5, 0.6) is 0 Å². The molecule has 0 atom stereocenters. The quantitative estimate of drug-likeness (QED) is 0.821.